The van der Waals surface area contributed by atoms with Crippen LogP contribution in [0, 0.1) is 0 Å². The first-order chi connectivity index (χ1) is 6.72. The number of thiophene rings is 1. The molecule has 0 aliphatic carbocycles. The molecule has 0 N–H and O–H groups in total. The third-order valence-corrected chi connectivity index (χ3v) is 3.09. The minimum atomic E-state index is 0.0661. The van der Waals surface area contributed by atoms with Gasteiger partial charge in [0.2, 0.25) is 0 Å². The number of ketones is 1. The largest absolute Gasteiger partial charge is 0.495 e. The lowest BCUT2D eigenvalue weighted by molar-refractivity contribution is 0.101. The molecule has 0 saturated carbocycles. The number of ether oxygens (including phenoxy) is 1. The quantitative estimate of drug-likeness (QED) is 0.706. The van der Waals surface area contributed by atoms with Crippen molar-refractivity contribution >= 4 is 27.2 Å². The maximum absolute atomic E-state index is 11.2. The fourth-order valence-corrected chi connectivity index (χ4v) is 2.28. The Balaban J connectivity index is 2.73. The topological polar surface area (TPSA) is 26.3 Å². The van der Waals surface area contributed by atoms with Crippen molar-refractivity contribution in [3.8, 4) is 5.75 Å². The minimum Gasteiger partial charge on any atom is -0.495 e. The van der Waals surface area contributed by atoms with Crippen LogP contribution in [0.25, 0.3) is 10.1 Å². The van der Waals surface area contributed by atoms with Crippen LogP contribution in [0.4, 0.5) is 0 Å². The molecule has 14 heavy (non-hydrogen) atoms. The van der Waals surface area contributed by atoms with Gasteiger partial charge in [-0.1, -0.05) is 0 Å². The summed E-state index contributed by atoms with van der Waals surface area (Å²) in [5, 5.41) is 3.07. The zero-order valence-corrected chi connectivity index (χ0v) is 8.85. The molecule has 1 heterocycles. The molecule has 1 aromatic carbocycles. The number of hydrogen-bond donors (Lipinski definition) is 0. The second-order valence-electron chi connectivity index (χ2n) is 3.07. The van der Waals surface area contributed by atoms with Crippen LogP contribution in [0.5, 0.6) is 5.75 Å². The molecule has 0 amide bonds. The fourth-order valence-electron chi connectivity index (χ4n) is 1.40. The Morgan fingerprint density at radius 2 is 2.21 bits per heavy atom. The smallest absolute Gasteiger partial charge is 0.159 e. The van der Waals surface area contributed by atoms with Crippen molar-refractivity contribution in [1.29, 1.82) is 0 Å². The van der Waals surface area contributed by atoms with E-state index in [1.807, 2.05) is 17.5 Å². The van der Waals surface area contributed by atoms with Crippen LogP contribution < -0.4 is 4.74 Å². The van der Waals surface area contributed by atoms with Crippen molar-refractivity contribution < 1.29 is 9.53 Å². The molecular formula is C11H10O2S. The normalized spacial score (nSPS) is 10.4. The lowest BCUT2D eigenvalue weighted by Gasteiger charge is -2.03. The van der Waals surface area contributed by atoms with Crippen molar-refractivity contribution in [3.63, 3.8) is 0 Å². The van der Waals surface area contributed by atoms with E-state index in [9.17, 15) is 4.79 Å². The highest BCUT2D eigenvalue weighted by Crippen LogP contribution is 2.32. The third-order valence-electron chi connectivity index (χ3n) is 2.14. The Morgan fingerprint density at radius 1 is 1.43 bits per heavy atom. The van der Waals surface area contributed by atoms with Gasteiger partial charge in [-0.25, -0.2) is 0 Å². The molecular weight excluding hydrogens is 196 g/mol. The van der Waals surface area contributed by atoms with E-state index in [0.717, 1.165) is 15.8 Å². The van der Waals surface area contributed by atoms with E-state index >= 15 is 0 Å². The van der Waals surface area contributed by atoms with Gasteiger partial charge >= 0.3 is 0 Å². The number of methoxy groups -OCH3 is 1. The Kier molecular flexibility index (Phi) is 2.25. The summed E-state index contributed by atoms with van der Waals surface area (Å²) in [6.07, 6.45) is 0. The zero-order valence-electron chi connectivity index (χ0n) is 8.03. The third kappa shape index (κ3) is 1.40. The maximum Gasteiger partial charge on any atom is 0.159 e. The van der Waals surface area contributed by atoms with Gasteiger partial charge < -0.3 is 4.74 Å². The van der Waals surface area contributed by atoms with Crippen LogP contribution in [-0.4, -0.2) is 12.9 Å². The van der Waals surface area contributed by atoms with Gasteiger partial charge in [0.15, 0.2) is 5.78 Å². The van der Waals surface area contributed by atoms with Gasteiger partial charge in [0.25, 0.3) is 0 Å². The first kappa shape index (κ1) is 9.21. The van der Waals surface area contributed by atoms with E-state index in [1.54, 1.807) is 31.4 Å². The number of rotatable bonds is 2. The molecule has 0 unspecified atom stereocenters. The molecule has 0 spiro atoms. The second-order valence-corrected chi connectivity index (χ2v) is 3.99. The van der Waals surface area contributed by atoms with Crippen LogP contribution in [0.1, 0.15) is 17.3 Å². The van der Waals surface area contributed by atoms with Gasteiger partial charge in [-0.2, -0.15) is 0 Å². The van der Waals surface area contributed by atoms with Gasteiger partial charge in [0.05, 0.1) is 11.8 Å². The van der Waals surface area contributed by atoms with Crippen molar-refractivity contribution in [3.05, 3.63) is 29.1 Å². The molecule has 0 fully saturated rings. The lowest BCUT2D eigenvalue weighted by Crippen LogP contribution is -1.93. The highest BCUT2D eigenvalue weighted by atomic mass is 32.1. The molecule has 0 saturated heterocycles. The monoisotopic (exact) mass is 206 g/mol. The molecule has 0 aliphatic heterocycles. The number of carbonyl (C=O) groups is 1. The average molecular weight is 206 g/mol. The van der Waals surface area contributed by atoms with E-state index < -0.39 is 0 Å². The van der Waals surface area contributed by atoms with E-state index in [2.05, 4.69) is 0 Å². The number of carbonyl (C=O) groups excluding carboxylic acids is 1. The highest BCUT2D eigenvalue weighted by molar-refractivity contribution is 7.17. The Hall–Kier alpha value is -1.35. The lowest BCUT2D eigenvalue weighted by atomic mass is 10.1. The summed E-state index contributed by atoms with van der Waals surface area (Å²) in [6.45, 7) is 1.56. The van der Waals surface area contributed by atoms with Crippen molar-refractivity contribution in [2.75, 3.05) is 7.11 Å². The van der Waals surface area contributed by atoms with Crippen molar-refractivity contribution in [2.45, 2.75) is 6.92 Å². The molecule has 0 radical (unpaired) electrons. The van der Waals surface area contributed by atoms with Gasteiger partial charge in [0, 0.05) is 5.56 Å². The zero-order chi connectivity index (χ0) is 10.1. The molecule has 2 rings (SSSR count). The summed E-state index contributed by atoms with van der Waals surface area (Å²) in [6, 6.07) is 5.69. The summed E-state index contributed by atoms with van der Waals surface area (Å²) in [7, 11) is 1.62. The van der Waals surface area contributed by atoms with Crippen molar-refractivity contribution in [2.24, 2.45) is 0 Å². The fraction of sp³-hybridized carbons (Fsp3) is 0.182. The standard InChI is InChI=1S/C11H10O2S/c1-7(12)9-5-8-3-4-14-11(8)10(6-9)13-2/h3-6H,1-2H3. The summed E-state index contributed by atoms with van der Waals surface area (Å²) in [5.74, 6) is 0.846. The molecule has 1 aromatic heterocycles. The van der Waals surface area contributed by atoms with Crippen LogP contribution in [-0.2, 0) is 0 Å². The first-order valence-corrected chi connectivity index (χ1v) is 5.16. The van der Waals surface area contributed by atoms with Crippen LogP contribution in [0.2, 0.25) is 0 Å². The first-order valence-electron chi connectivity index (χ1n) is 4.28. The van der Waals surface area contributed by atoms with Gasteiger partial charge in [-0.05, 0) is 35.9 Å². The van der Waals surface area contributed by atoms with E-state index in [-0.39, 0.29) is 5.78 Å². The summed E-state index contributed by atoms with van der Waals surface area (Å²) in [5.41, 5.74) is 0.702. The molecule has 0 bridgehead atoms. The molecule has 0 aliphatic rings. The van der Waals surface area contributed by atoms with Crippen LogP contribution >= 0.6 is 11.3 Å². The summed E-state index contributed by atoms with van der Waals surface area (Å²) in [4.78, 5) is 11.2. The van der Waals surface area contributed by atoms with Crippen LogP contribution in [0.3, 0.4) is 0 Å². The second kappa shape index (κ2) is 3.42. The number of hydrogen-bond acceptors (Lipinski definition) is 3. The average Bonchev–Trinajstić information content (AvgIpc) is 2.63. The van der Waals surface area contributed by atoms with Gasteiger partial charge in [-0.15, -0.1) is 11.3 Å². The Morgan fingerprint density at radius 3 is 2.86 bits per heavy atom. The molecule has 2 aromatic rings. The molecule has 72 valence electrons. The van der Waals surface area contributed by atoms with E-state index in [0.29, 0.717) is 5.56 Å². The summed E-state index contributed by atoms with van der Waals surface area (Å²) >= 11 is 1.62. The Bertz CT molecular complexity index is 485. The number of fused-ring (bicyclic) bond motifs is 1. The van der Waals surface area contributed by atoms with Crippen LogP contribution in [0.15, 0.2) is 23.6 Å². The molecule has 2 nitrogen and oxygen atoms in total. The van der Waals surface area contributed by atoms with E-state index in [1.165, 1.54) is 0 Å². The summed E-state index contributed by atoms with van der Waals surface area (Å²) < 4.78 is 6.33. The SMILES string of the molecule is COc1cc(C(C)=O)cc2ccsc12. The highest BCUT2D eigenvalue weighted by Gasteiger charge is 2.07. The van der Waals surface area contributed by atoms with E-state index in [4.69, 9.17) is 4.74 Å². The number of Topliss-reactive ketones (excluding diaryl/α,β-unsaturated/α-hetero) is 1. The Labute approximate surface area is 86.1 Å². The molecule has 0 atom stereocenters. The predicted octanol–water partition coefficient (Wildman–Crippen LogP) is 3.11. The number of benzene rings is 1. The van der Waals surface area contributed by atoms with Gasteiger partial charge in [-0.3, -0.25) is 4.79 Å². The molecule has 3 heteroatoms. The van der Waals surface area contributed by atoms with Gasteiger partial charge in [0.1, 0.15) is 5.75 Å². The minimum absolute atomic E-state index is 0.0661. The predicted molar refractivity (Wildman–Crippen MR) is 58.4 cm³/mol. The maximum atomic E-state index is 11.2. The van der Waals surface area contributed by atoms with Crippen molar-refractivity contribution in [1.82, 2.24) is 0 Å².